The third-order valence-electron chi connectivity index (χ3n) is 15.3. The number of hydrogen-bond acceptors (Lipinski definition) is 17. The molecule has 1 saturated heterocycles. The molecule has 6 aromatic rings. The number of nitrogens with zero attached hydrogens (tertiary/aromatic N) is 7. The Balaban J connectivity index is 0.577. The van der Waals surface area contributed by atoms with Gasteiger partial charge in [-0.1, -0.05) is 53.6 Å². The van der Waals surface area contributed by atoms with Crippen LogP contribution in [0.3, 0.4) is 0 Å². The molecule has 2 aromatic carbocycles. The largest absolute Gasteiger partial charge is 0.379 e. The fraction of sp³-hybridized carbons (Fsp3) is 0.500. The average molecular weight is 1250 g/mol. The van der Waals surface area contributed by atoms with Gasteiger partial charge in [-0.2, -0.15) is 0 Å². The summed E-state index contributed by atoms with van der Waals surface area (Å²) < 4.78 is 19.7. The molecule has 6 N–H and O–H groups in total. The predicted octanol–water partition coefficient (Wildman–Crippen LogP) is 8.04. The number of fused-ring (bicyclic) bond motifs is 1. The first-order valence-electron chi connectivity index (χ1n) is 30.1. The van der Waals surface area contributed by atoms with Gasteiger partial charge in [-0.3, -0.25) is 33.7 Å². The Kier molecular flexibility index (Phi) is 25.7. The van der Waals surface area contributed by atoms with Gasteiger partial charge >= 0.3 is 0 Å². The lowest BCUT2D eigenvalue weighted by Crippen LogP contribution is -2.47. The van der Waals surface area contributed by atoms with Crippen molar-refractivity contribution >= 4 is 108 Å². The molecule has 22 nitrogen and oxygen atoms in total. The Morgan fingerprint density at radius 3 is 2.23 bits per heavy atom. The van der Waals surface area contributed by atoms with Crippen molar-refractivity contribution in [2.24, 2.45) is 5.92 Å². The van der Waals surface area contributed by atoms with Crippen LogP contribution in [0.1, 0.15) is 102 Å². The highest BCUT2D eigenvalue weighted by Crippen LogP contribution is 2.31. The lowest BCUT2D eigenvalue weighted by atomic mass is 9.85. The lowest BCUT2D eigenvalue weighted by molar-refractivity contribution is -0.126. The van der Waals surface area contributed by atoms with Crippen LogP contribution in [0.25, 0.3) is 10.2 Å². The minimum Gasteiger partial charge on any atom is -0.379 e. The molecule has 87 heavy (non-hydrogen) atoms. The fourth-order valence-electron chi connectivity index (χ4n) is 10.5. The number of thiophene rings is 1. The van der Waals surface area contributed by atoms with Gasteiger partial charge < -0.3 is 60.5 Å². The van der Waals surface area contributed by atoms with Crippen LogP contribution in [0.5, 0.6) is 0 Å². The standard InChI is InChI=1S/C62H82ClN13O9S2/c1-5-75(47-13-9-11-42(2)37-47)57(79)41-76-49-21-36-86-51(49)38-50(76)60(81)70-46-18-16-45(17-19-46)59(80)66-22-8-6-7-15-55(77)64-24-32-85-35-34-83-30-20-56(78)65-23-31-84-33-29-73-25-27-74(28-26-73)54-39-53(68-44(4)69-54)71-62-67-40-52(87-62)61(82)72-58-43(3)12-10-14-48(58)63/h9-14,21,36-40,45-46H,5-8,15-20,22-35,41H2,1-4H3,(H,64,77)(H,65,78)(H,66,80)(H,70,81)(H,72,82)(H,67,68,69,71)/t45-,46-. The van der Waals surface area contributed by atoms with E-state index in [4.69, 9.17) is 25.8 Å². The van der Waals surface area contributed by atoms with Crippen molar-refractivity contribution in [3.8, 4) is 0 Å². The number of hydrogen-bond donors (Lipinski definition) is 6. The smallest absolute Gasteiger partial charge is 0.268 e. The molecule has 0 atom stereocenters. The molecule has 1 aliphatic carbocycles. The van der Waals surface area contributed by atoms with Crippen LogP contribution in [0, 0.1) is 26.7 Å². The summed E-state index contributed by atoms with van der Waals surface area (Å²) in [4.78, 5) is 98.4. The van der Waals surface area contributed by atoms with Gasteiger partial charge in [0.15, 0.2) is 5.13 Å². The first-order chi connectivity index (χ1) is 42.2. The predicted molar refractivity (Wildman–Crippen MR) is 342 cm³/mol. The zero-order chi connectivity index (χ0) is 61.5. The molecule has 1 saturated carbocycles. The molecule has 0 bridgehead atoms. The topological polar surface area (TPSA) is 256 Å². The number of ether oxygens (including phenoxy) is 3. The van der Waals surface area contributed by atoms with E-state index in [9.17, 15) is 28.8 Å². The Morgan fingerprint density at radius 1 is 0.747 bits per heavy atom. The van der Waals surface area contributed by atoms with E-state index in [0.717, 1.165) is 78.4 Å². The Labute approximate surface area is 521 Å². The van der Waals surface area contributed by atoms with Gasteiger partial charge in [-0.25, -0.2) is 15.0 Å². The molecule has 2 aliphatic rings. The molecule has 0 spiro atoms. The van der Waals surface area contributed by atoms with Crippen LogP contribution >= 0.6 is 34.3 Å². The second-order valence-electron chi connectivity index (χ2n) is 21.7. The first-order valence-corrected chi connectivity index (χ1v) is 32.2. The molecule has 2 fully saturated rings. The van der Waals surface area contributed by atoms with Gasteiger partial charge in [0.25, 0.3) is 11.8 Å². The van der Waals surface area contributed by atoms with Gasteiger partial charge in [0.2, 0.25) is 23.6 Å². The average Bonchev–Trinajstić information content (AvgIpc) is 1.92. The fourth-order valence-corrected chi connectivity index (χ4v) is 12.3. The van der Waals surface area contributed by atoms with E-state index in [1.807, 2.05) is 92.2 Å². The number of para-hydroxylation sites is 1. The van der Waals surface area contributed by atoms with E-state index in [0.29, 0.717) is 136 Å². The minimum absolute atomic E-state index is 0.0330. The quantitative estimate of drug-likeness (QED) is 0.0213. The number of nitrogens with one attached hydrogen (secondary N) is 6. The molecular formula is C62H82ClN13O9S2. The highest BCUT2D eigenvalue weighted by molar-refractivity contribution is 7.17. The van der Waals surface area contributed by atoms with Gasteiger partial charge in [0, 0.05) is 95.5 Å². The van der Waals surface area contributed by atoms with E-state index in [2.05, 4.69) is 56.7 Å². The van der Waals surface area contributed by atoms with Crippen molar-refractivity contribution in [2.75, 3.05) is 119 Å². The molecule has 6 amide bonds. The molecule has 4 aromatic heterocycles. The number of aryl methyl sites for hydroxylation is 3. The van der Waals surface area contributed by atoms with Crippen molar-refractivity contribution < 1.29 is 43.0 Å². The number of anilines is 5. The Bertz CT molecular complexity index is 3230. The maximum absolute atomic E-state index is 13.7. The third-order valence-corrected chi connectivity index (χ3v) is 17.4. The SMILES string of the molecule is CCN(C(=O)Cn1c(C(=O)N[C@H]2CC[C@H](C(=O)NCCCCCC(=O)NCCOCCOCCC(=O)NCCOCCN3CCN(c4cc(Nc5ncc(C(=O)Nc6c(C)cccc6Cl)s5)nc(C)n4)CC3)CC2)cc2sccc21)c1cccc(C)c1. The zero-order valence-corrected chi connectivity index (χ0v) is 52.6. The van der Waals surface area contributed by atoms with E-state index < -0.39 is 0 Å². The zero-order valence-electron chi connectivity index (χ0n) is 50.3. The Morgan fingerprint density at radius 2 is 1.48 bits per heavy atom. The van der Waals surface area contributed by atoms with Crippen LogP contribution in [0.2, 0.25) is 5.02 Å². The second-order valence-corrected chi connectivity index (χ2v) is 24.1. The van der Waals surface area contributed by atoms with Crippen molar-refractivity contribution in [3.63, 3.8) is 0 Å². The number of unbranched alkanes of at least 4 members (excludes halogenated alkanes) is 2. The summed E-state index contributed by atoms with van der Waals surface area (Å²) >= 11 is 9.06. The van der Waals surface area contributed by atoms with Crippen molar-refractivity contribution in [3.05, 3.63) is 105 Å². The van der Waals surface area contributed by atoms with Gasteiger partial charge in [-0.05, 0) is 113 Å². The molecular weight excluding hydrogens is 1170 g/mol. The molecule has 8 rings (SSSR count). The maximum Gasteiger partial charge on any atom is 0.268 e. The molecule has 25 heteroatoms. The summed E-state index contributed by atoms with van der Waals surface area (Å²) in [6.07, 6.45) is 7.19. The second kappa shape index (κ2) is 33.9. The molecule has 0 radical (unpaired) electrons. The summed E-state index contributed by atoms with van der Waals surface area (Å²) in [7, 11) is 0. The summed E-state index contributed by atoms with van der Waals surface area (Å²) in [5.41, 5.74) is 4.67. The van der Waals surface area contributed by atoms with Crippen LogP contribution in [0.15, 0.2) is 72.2 Å². The highest BCUT2D eigenvalue weighted by Gasteiger charge is 2.29. The number of rotatable bonds is 33. The van der Waals surface area contributed by atoms with Crippen LogP contribution in [-0.2, 0) is 39.9 Å². The normalized spacial score (nSPS) is 15.3. The summed E-state index contributed by atoms with van der Waals surface area (Å²) in [6.45, 7) is 15.9. The molecule has 5 heterocycles. The number of aromatic nitrogens is 4. The number of thiazole rings is 1. The monoisotopic (exact) mass is 1250 g/mol. The van der Waals surface area contributed by atoms with Crippen LogP contribution < -0.4 is 41.7 Å². The summed E-state index contributed by atoms with van der Waals surface area (Å²) in [5, 5.41) is 21.1. The van der Waals surface area contributed by atoms with Gasteiger partial charge in [-0.15, -0.1) is 11.3 Å². The van der Waals surface area contributed by atoms with Crippen LogP contribution in [-0.4, -0.2) is 164 Å². The van der Waals surface area contributed by atoms with E-state index in [1.165, 1.54) is 28.9 Å². The van der Waals surface area contributed by atoms with E-state index in [-0.39, 0.29) is 67.0 Å². The van der Waals surface area contributed by atoms with Crippen molar-refractivity contribution in [2.45, 2.75) is 98.1 Å². The number of amides is 6. The van der Waals surface area contributed by atoms with Crippen molar-refractivity contribution in [1.82, 2.24) is 45.7 Å². The van der Waals surface area contributed by atoms with E-state index in [1.54, 1.807) is 11.0 Å². The molecule has 468 valence electrons. The maximum atomic E-state index is 13.7. The van der Waals surface area contributed by atoms with E-state index >= 15 is 0 Å². The van der Waals surface area contributed by atoms with Crippen LogP contribution in [0.4, 0.5) is 28.1 Å². The third kappa shape index (κ3) is 20.2. The molecule has 0 unspecified atom stereocenters. The number of likely N-dealkylation sites (N-methyl/N-ethyl adjacent to an activating group) is 1. The van der Waals surface area contributed by atoms with Gasteiger partial charge in [0.05, 0.1) is 66.8 Å². The summed E-state index contributed by atoms with van der Waals surface area (Å²) in [6, 6.07) is 19.0. The van der Waals surface area contributed by atoms with Crippen molar-refractivity contribution in [1.29, 1.82) is 0 Å². The van der Waals surface area contributed by atoms with Gasteiger partial charge in [0.1, 0.15) is 34.6 Å². The highest BCUT2D eigenvalue weighted by atomic mass is 35.5. The molecule has 1 aliphatic heterocycles. The Hall–Kier alpha value is -7.06. The lowest BCUT2D eigenvalue weighted by Gasteiger charge is -2.35. The first kappa shape index (κ1) is 65.9. The number of carbonyl (C=O) groups is 6. The minimum atomic E-state index is -0.292. The number of halogens is 1. The number of benzene rings is 2. The number of piperazine rings is 1. The summed E-state index contributed by atoms with van der Waals surface area (Å²) in [5.74, 6) is 1.19. The number of carbonyl (C=O) groups excluding carboxylic acids is 6.